The van der Waals surface area contributed by atoms with Crippen molar-refractivity contribution in [1.82, 2.24) is 4.98 Å². The number of hydrogen-bond acceptors (Lipinski definition) is 15. The topological polar surface area (TPSA) is 167 Å². The number of carbonyl (C=O) groups excluding carboxylic acids is 2. The molecule has 1 atom stereocenters. The molecule has 1 heterocycles. The number of carbonyl (C=O) groups is 2. The second-order valence-corrected chi connectivity index (χ2v) is 14.8. The molecule has 0 aliphatic heterocycles. The zero-order valence-corrected chi connectivity index (χ0v) is 30.7. The second kappa shape index (κ2) is 33.2. The Morgan fingerprint density at radius 2 is 1.23 bits per heavy atom. The maximum Gasteiger partial charge on any atom is 0.327 e. The summed E-state index contributed by atoms with van der Waals surface area (Å²) < 4.78 is 27.2. The lowest BCUT2D eigenvalue weighted by Crippen LogP contribution is -2.12. The lowest BCUT2D eigenvalue weighted by atomic mass is 10.1. The molecule has 14 nitrogen and oxygen atoms in total. The Morgan fingerprint density at radius 1 is 0.667 bits per heavy atom. The summed E-state index contributed by atoms with van der Waals surface area (Å²) in [5.74, 6) is 1.15. The number of ether oxygens (including phenoxy) is 2. The summed E-state index contributed by atoms with van der Waals surface area (Å²) in [7, 11) is -0.177. The summed E-state index contributed by atoms with van der Waals surface area (Å²) in [5, 5.41) is 0.943. The molecule has 0 saturated heterocycles. The first kappa shape index (κ1) is 45.0. The monoisotopic (exact) mass is 743 g/mol. The van der Waals surface area contributed by atoms with Crippen molar-refractivity contribution in [3.8, 4) is 0 Å². The molecule has 1 unspecified atom stereocenters. The molecule has 1 rings (SSSR count). The predicted molar refractivity (Wildman–Crippen MR) is 182 cm³/mol. The summed E-state index contributed by atoms with van der Waals surface area (Å²) in [6, 6.07) is 5.77. The van der Waals surface area contributed by atoms with Gasteiger partial charge in [0.25, 0.3) is 0 Å². The Hall–Kier alpha value is -0.980. The summed E-state index contributed by atoms with van der Waals surface area (Å²) in [6.07, 6.45) is 8.87. The molecular weight excluding hydrogens is 689 g/mol. The molecule has 0 radical (unpaired) electrons. The number of ketones is 2. The van der Waals surface area contributed by atoms with Crippen LogP contribution in [0.5, 0.6) is 0 Å². The Labute approximate surface area is 292 Å². The highest BCUT2D eigenvalue weighted by Gasteiger charge is 2.14. The first-order valence-electron chi connectivity index (χ1n) is 16.5. The van der Waals surface area contributed by atoms with Crippen LogP contribution in [0.15, 0.2) is 29.4 Å². The minimum Gasteiger partial charge on any atom is -0.379 e. The lowest BCUT2D eigenvalue weighted by Gasteiger charge is -2.09. The van der Waals surface area contributed by atoms with Gasteiger partial charge >= 0.3 is 7.60 Å². The van der Waals surface area contributed by atoms with E-state index in [1.807, 2.05) is 18.2 Å². The average molecular weight is 744 g/mol. The van der Waals surface area contributed by atoms with Crippen molar-refractivity contribution < 1.29 is 62.4 Å². The van der Waals surface area contributed by atoms with E-state index in [2.05, 4.69) is 4.98 Å². The molecule has 1 aromatic rings. The third kappa shape index (κ3) is 31.0. The minimum absolute atomic E-state index is 0.127. The number of rotatable bonds is 37. The maximum atomic E-state index is 11.9. The number of pyridine rings is 1. The van der Waals surface area contributed by atoms with Crippen molar-refractivity contribution in [2.45, 2.75) is 76.2 Å². The highest BCUT2D eigenvalue weighted by atomic mass is 33.1. The highest BCUT2D eigenvalue weighted by molar-refractivity contribution is 8.76. The second-order valence-electron chi connectivity index (χ2n) is 10.2. The standard InChI is InChI=1S/C31H54NO13PS2/c1-2-46(35,36)45-18-9-5-3-4-6-11-29(33)14-19-38-21-23-40-42-25-27-44-43-26-24-41-39-22-20-37-17-10-12-30(34)15-28-47-48-31-13-7-8-16-32-31/h7-8,13,16H,2-6,9-12,14-15,17-28H2,1H3,(H,35,36). The van der Waals surface area contributed by atoms with Gasteiger partial charge in [-0.2, -0.15) is 0 Å². The fourth-order valence-corrected chi connectivity index (χ4v) is 6.10. The van der Waals surface area contributed by atoms with E-state index in [0.717, 1.165) is 42.9 Å². The molecule has 278 valence electrons. The van der Waals surface area contributed by atoms with Crippen LogP contribution >= 0.6 is 29.2 Å². The number of Topliss-reactive ketones (excluding diaryl/α,β-unsaturated/α-hetero) is 2. The smallest absolute Gasteiger partial charge is 0.327 e. The van der Waals surface area contributed by atoms with Crippen molar-refractivity contribution in [3.63, 3.8) is 0 Å². The number of aromatic nitrogens is 1. The van der Waals surface area contributed by atoms with Crippen LogP contribution < -0.4 is 0 Å². The molecule has 0 bridgehead atoms. The van der Waals surface area contributed by atoms with E-state index in [4.69, 9.17) is 43.3 Å². The van der Waals surface area contributed by atoms with Crippen LogP contribution in [-0.4, -0.2) is 106 Å². The molecule has 0 spiro atoms. The van der Waals surface area contributed by atoms with Gasteiger partial charge in [-0.3, -0.25) is 14.2 Å². The van der Waals surface area contributed by atoms with Gasteiger partial charge in [0, 0.05) is 50.4 Å². The Bertz CT molecular complexity index is 952. The van der Waals surface area contributed by atoms with E-state index < -0.39 is 7.60 Å². The Balaban J connectivity index is 1.70. The predicted octanol–water partition coefficient (Wildman–Crippen LogP) is 5.96. The third-order valence-corrected chi connectivity index (χ3v) is 9.83. The number of hydrogen-bond donors (Lipinski definition) is 1. The first-order valence-corrected chi connectivity index (χ1v) is 20.6. The van der Waals surface area contributed by atoms with Crippen LogP contribution in [0.1, 0.15) is 71.1 Å². The molecule has 17 heteroatoms. The van der Waals surface area contributed by atoms with E-state index in [0.29, 0.717) is 65.1 Å². The summed E-state index contributed by atoms with van der Waals surface area (Å²) in [5.41, 5.74) is 0. The average Bonchev–Trinajstić information content (AvgIpc) is 3.09. The van der Waals surface area contributed by atoms with Crippen LogP contribution in [0, 0.1) is 0 Å². The van der Waals surface area contributed by atoms with Gasteiger partial charge in [0.05, 0.1) is 26.4 Å². The summed E-state index contributed by atoms with van der Waals surface area (Å²) in [6.45, 7) is 4.57. The fourth-order valence-electron chi connectivity index (χ4n) is 3.59. The third-order valence-electron chi connectivity index (χ3n) is 6.18. The van der Waals surface area contributed by atoms with Crippen LogP contribution in [0.4, 0.5) is 0 Å². The van der Waals surface area contributed by atoms with Crippen molar-refractivity contribution in [2.75, 3.05) is 84.6 Å². The van der Waals surface area contributed by atoms with E-state index in [1.54, 1.807) is 34.7 Å². The van der Waals surface area contributed by atoms with Crippen molar-refractivity contribution >= 4 is 40.8 Å². The molecule has 0 amide bonds. The normalized spacial score (nSPS) is 12.7. The molecule has 0 aromatic carbocycles. The number of nitrogens with zero attached hydrogens (tertiary/aromatic N) is 1. The van der Waals surface area contributed by atoms with Crippen molar-refractivity contribution in [1.29, 1.82) is 0 Å². The van der Waals surface area contributed by atoms with Gasteiger partial charge < -0.3 is 18.9 Å². The van der Waals surface area contributed by atoms with Crippen LogP contribution in [0.2, 0.25) is 0 Å². The SMILES string of the molecule is CCP(=O)(O)OCCCCCCCC(=O)CCOCCOOCCOOCCOOCCOCCCC(=O)CCSSc1ccccn1. The molecule has 48 heavy (non-hydrogen) atoms. The van der Waals surface area contributed by atoms with E-state index in [1.165, 1.54) is 0 Å². The van der Waals surface area contributed by atoms with Gasteiger partial charge in [-0.25, -0.2) is 34.3 Å². The summed E-state index contributed by atoms with van der Waals surface area (Å²) >= 11 is 0. The van der Waals surface area contributed by atoms with Crippen LogP contribution in [-0.2, 0) is 57.5 Å². The van der Waals surface area contributed by atoms with Gasteiger partial charge in [-0.05, 0) is 42.2 Å². The zero-order valence-electron chi connectivity index (χ0n) is 28.1. The van der Waals surface area contributed by atoms with Gasteiger partial charge in [-0.15, -0.1) is 0 Å². The van der Waals surface area contributed by atoms with Gasteiger partial charge in [-0.1, -0.05) is 43.0 Å². The van der Waals surface area contributed by atoms with Crippen LogP contribution in [0.3, 0.4) is 0 Å². The van der Waals surface area contributed by atoms with Gasteiger partial charge in [0.2, 0.25) is 0 Å². The molecule has 0 fully saturated rings. The zero-order chi connectivity index (χ0) is 34.8. The molecular formula is C31H54NO13PS2. The molecule has 0 saturated carbocycles. The molecule has 1 aromatic heterocycles. The quantitative estimate of drug-likeness (QED) is 0.0278. The first-order chi connectivity index (χ1) is 23.4. The Morgan fingerprint density at radius 3 is 1.85 bits per heavy atom. The van der Waals surface area contributed by atoms with E-state index in [-0.39, 0.29) is 57.4 Å². The van der Waals surface area contributed by atoms with Crippen molar-refractivity contribution in [3.05, 3.63) is 24.4 Å². The van der Waals surface area contributed by atoms with E-state index in [9.17, 15) is 19.0 Å². The van der Waals surface area contributed by atoms with Crippen molar-refractivity contribution in [2.24, 2.45) is 0 Å². The minimum atomic E-state index is -3.39. The molecule has 1 N–H and O–H groups in total. The Kier molecular flexibility index (Phi) is 31.1. The molecule has 0 aliphatic rings. The molecule has 0 aliphatic carbocycles. The van der Waals surface area contributed by atoms with Crippen LogP contribution in [0.25, 0.3) is 0 Å². The maximum absolute atomic E-state index is 11.9. The highest BCUT2D eigenvalue weighted by Crippen LogP contribution is 2.41. The fraction of sp³-hybridized carbons (Fsp3) is 0.774. The van der Waals surface area contributed by atoms with E-state index >= 15 is 0 Å². The summed E-state index contributed by atoms with van der Waals surface area (Å²) in [4.78, 5) is 67.2. The van der Waals surface area contributed by atoms with Gasteiger partial charge in [0.15, 0.2) is 0 Å². The number of unbranched alkanes of at least 4 members (excludes halogenated alkanes) is 4. The lowest BCUT2D eigenvalue weighted by molar-refractivity contribution is -0.360. The van der Waals surface area contributed by atoms with Gasteiger partial charge in [0.1, 0.15) is 56.2 Å². The largest absolute Gasteiger partial charge is 0.379 e.